The maximum atomic E-state index is 0. The summed E-state index contributed by atoms with van der Waals surface area (Å²) < 4.78 is 0. The maximum absolute atomic E-state index is 0. The van der Waals surface area contributed by atoms with Gasteiger partial charge < -0.3 is 0 Å². The fourth-order valence-corrected chi connectivity index (χ4v) is 0. The Morgan fingerprint density at radius 3 is 1.00 bits per heavy atom. The van der Waals surface area contributed by atoms with Crippen molar-refractivity contribution >= 4 is 46.2 Å². The summed E-state index contributed by atoms with van der Waals surface area (Å²) in [7, 11) is 0. The second kappa shape index (κ2) is 17.9. The molecule has 0 rings (SSSR count). The monoisotopic (exact) mass is 176 g/mol. The zero-order valence-electron chi connectivity index (χ0n) is 1.06. The van der Waals surface area contributed by atoms with E-state index in [2.05, 4.69) is 0 Å². The van der Waals surface area contributed by atoms with E-state index in [1.54, 1.807) is 0 Å². The molecule has 0 atom stereocenters. The molecule has 0 aliphatic rings. The van der Waals surface area contributed by atoms with Crippen molar-refractivity contribution in [2.45, 2.75) is 0 Å². The molecule has 0 fully saturated rings. The molecule has 0 heterocycles. The van der Waals surface area contributed by atoms with Crippen LogP contribution >= 0.6 is 0 Å². The SMILES string of the molecule is B.[CaH2].[Fe].[Zn]. The van der Waals surface area contributed by atoms with Crippen LogP contribution in [0, 0.1) is 0 Å². The molecule has 0 radical (unpaired) electrons. The molecule has 20 valence electrons. The van der Waals surface area contributed by atoms with Gasteiger partial charge in [-0.15, -0.1) is 0 Å². The molecule has 4 heteroatoms. The molecule has 0 aromatic carbocycles. The Bertz CT molecular complexity index is 8.00. The zero-order valence-corrected chi connectivity index (χ0v) is 5.13. The Kier molecular flexibility index (Phi) is 142. The molecule has 0 aliphatic heterocycles. The summed E-state index contributed by atoms with van der Waals surface area (Å²) in [5, 5.41) is 0. The van der Waals surface area contributed by atoms with E-state index in [1.165, 1.54) is 0 Å². The molecular formula is H5BCaFeZn. The first kappa shape index (κ1) is 31.8. The van der Waals surface area contributed by atoms with E-state index in [-0.39, 0.29) is 82.7 Å². The molecule has 0 amide bonds. The van der Waals surface area contributed by atoms with Gasteiger partial charge in [-0.2, -0.15) is 0 Å². The molecule has 0 unspecified atom stereocenters. The fourth-order valence-electron chi connectivity index (χ4n) is 0. The largest absolute Gasteiger partial charge is 0 e. The van der Waals surface area contributed by atoms with Crippen LogP contribution in [0.15, 0.2) is 0 Å². The first-order valence-electron chi connectivity index (χ1n) is 0. The minimum absolute atomic E-state index is 0. The number of hydrogen-bond acceptors (Lipinski definition) is 0. The smallest absolute Gasteiger partial charge is 0 e. The quantitative estimate of drug-likeness (QED) is 0.372. The third kappa shape index (κ3) is 8.82. The minimum Gasteiger partial charge on any atom is 0 e. The van der Waals surface area contributed by atoms with Crippen LogP contribution in [0.3, 0.4) is 0 Å². The molecule has 0 saturated carbocycles. The van der Waals surface area contributed by atoms with E-state index in [0.717, 1.165) is 0 Å². The summed E-state index contributed by atoms with van der Waals surface area (Å²) in [6.45, 7) is 0. The van der Waals surface area contributed by atoms with Gasteiger partial charge in [0.2, 0.25) is 0 Å². The van der Waals surface area contributed by atoms with Crippen LogP contribution in [0.1, 0.15) is 0 Å². The molecule has 0 bridgehead atoms. The standard InChI is InChI=1S/BH3.Ca.Fe.Zn.2H/h1H3;;;;;. The molecule has 0 aromatic heterocycles. The fraction of sp³-hybridized carbons (Fsp3) is 0. The minimum atomic E-state index is 0. The van der Waals surface area contributed by atoms with Crippen LogP contribution in [0.4, 0.5) is 0 Å². The molecule has 4 heavy (non-hydrogen) atoms. The van der Waals surface area contributed by atoms with Crippen LogP contribution in [0.25, 0.3) is 0 Å². The predicted molar refractivity (Wildman–Crippen MR) is 18.5 cm³/mol. The third-order valence-corrected chi connectivity index (χ3v) is 0. The predicted octanol–water partition coefficient (Wildman–Crippen LogP) is -2.11. The van der Waals surface area contributed by atoms with E-state index in [0.29, 0.717) is 0 Å². The van der Waals surface area contributed by atoms with Crippen molar-refractivity contribution in [3.8, 4) is 0 Å². The molecule has 0 aliphatic carbocycles. The van der Waals surface area contributed by atoms with Crippen molar-refractivity contribution < 1.29 is 36.5 Å². The van der Waals surface area contributed by atoms with E-state index in [4.69, 9.17) is 0 Å². The van der Waals surface area contributed by atoms with Crippen molar-refractivity contribution in [1.82, 2.24) is 0 Å². The van der Waals surface area contributed by atoms with Gasteiger partial charge in [0.05, 0.1) is 8.41 Å². The summed E-state index contributed by atoms with van der Waals surface area (Å²) in [6, 6.07) is 0. The van der Waals surface area contributed by atoms with Gasteiger partial charge in [0.25, 0.3) is 0 Å². The molecular weight excluding hydrogens is 172 g/mol. The van der Waals surface area contributed by atoms with Crippen LogP contribution in [0.5, 0.6) is 0 Å². The van der Waals surface area contributed by atoms with E-state index in [1.807, 2.05) is 0 Å². The summed E-state index contributed by atoms with van der Waals surface area (Å²) in [6.07, 6.45) is 0. The van der Waals surface area contributed by atoms with E-state index < -0.39 is 0 Å². The zero-order chi connectivity index (χ0) is 0. The average molecular weight is 177 g/mol. The van der Waals surface area contributed by atoms with Crippen LogP contribution in [-0.2, 0) is 36.5 Å². The van der Waals surface area contributed by atoms with Crippen molar-refractivity contribution in [1.29, 1.82) is 0 Å². The van der Waals surface area contributed by atoms with Crippen LogP contribution in [0.2, 0.25) is 0 Å². The Hall–Kier alpha value is 2.47. The summed E-state index contributed by atoms with van der Waals surface area (Å²) in [5.41, 5.74) is 0. The number of rotatable bonds is 0. The van der Waals surface area contributed by atoms with Gasteiger partial charge in [0.1, 0.15) is 0 Å². The molecule has 0 N–H and O–H groups in total. The van der Waals surface area contributed by atoms with Crippen LogP contribution in [-0.4, -0.2) is 46.2 Å². The van der Waals surface area contributed by atoms with Gasteiger partial charge in [-0.1, -0.05) is 0 Å². The van der Waals surface area contributed by atoms with Gasteiger partial charge in [0, 0.05) is 36.5 Å². The normalized spacial score (nSPS) is 0. The van der Waals surface area contributed by atoms with Gasteiger partial charge >= 0.3 is 37.7 Å². The summed E-state index contributed by atoms with van der Waals surface area (Å²) in [4.78, 5) is 0. The molecule has 0 nitrogen and oxygen atoms in total. The Morgan fingerprint density at radius 2 is 1.00 bits per heavy atom. The molecule has 0 aromatic rings. The topological polar surface area (TPSA) is 0 Å². The Balaban J connectivity index is 0. The first-order valence-corrected chi connectivity index (χ1v) is 0. The number of hydrogen-bond donors (Lipinski definition) is 0. The summed E-state index contributed by atoms with van der Waals surface area (Å²) >= 11 is 0. The average Bonchev–Trinajstić information content (AvgIpc) is 0. The van der Waals surface area contributed by atoms with Crippen molar-refractivity contribution in [2.75, 3.05) is 0 Å². The summed E-state index contributed by atoms with van der Waals surface area (Å²) in [5.74, 6) is 0. The molecule has 0 saturated heterocycles. The third-order valence-electron chi connectivity index (χ3n) is 0. The maximum Gasteiger partial charge on any atom is 0 e. The second-order valence-corrected chi connectivity index (χ2v) is 0. The van der Waals surface area contributed by atoms with Gasteiger partial charge in [-0.05, 0) is 0 Å². The van der Waals surface area contributed by atoms with Gasteiger partial charge in [-0.25, -0.2) is 0 Å². The van der Waals surface area contributed by atoms with Gasteiger partial charge in [-0.3, -0.25) is 0 Å². The molecule has 0 spiro atoms. The second-order valence-electron chi connectivity index (χ2n) is 0. The Labute approximate surface area is 81.3 Å². The Morgan fingerprint density at radius 1 is 1.00 bits per heavy atom. The first-order chi connectivity index (χ1) is 0. The van der Waals surface area contributed by atoms with E-state index >= 15 is 0 Å². The van der Waals surface area contributed by atoms with Crippen molar-refractivity contribution in [3.63, 3.8) is 0 Å². The van der Waals surface area contributed by atoms with Crippen molar-refractivity contribution in [3.05, 3.63) is 0 Å². The van der Waals surface area contributed by atoms with E-state index in [9.17, 15) is 0 Å². The van der Waals surface area contributed by atoms with Gasteiger partial charge in [0.15, 0.2) is 0 Å². The van der Waals surface area contributed by atoms with Crippen LogP contribution < -0.4 is 0 Å². The van der Waals surface area contributed by atoms with Crippen molar-refractivity contribution in [2.24, 2.45) is 0 Å².